The second kappa shape index (κ2) is 8.06. The monoisotopic (exact) mass is 321 g/mol. The Morgan fingerprint density at radius 2 is 2.00 bits per heavy atom. The molecule has 1 aromatic rings. The van der Waals surface area contributed by atoms with Crippen LogP contribution in [0.1, 0.15) is 36.8 Å². The van der Waals surface area contributed by atoms with Crippen molar-refractivity contribution in [1.29, 1.82) is 0 Å². The Hall–Kier alpha value is -1.95. The highest BCUT2D eigenvalue weighted by molar-refractivity contribution is 5.80. The Bertz CT molecular complexity index is 571. The van der Waals surface area contributed by atoms with E-state index >= 15 is 0 Å². The summed E-state index contributed by atoms with van der Waals surface area (Å²) in [4.78, 5) is 25.2. The normalized spacial score (nSPS) is 15.1. The van der Waals surface area contributed by atoms with Gasteiger partial charge in [-0.05, 0) is 37.0 Å². The number of amides is 2. The van der Waals surface area contributed by atoms with Crippen LogP contribution < -0.4 is 11.1 Å². The molecule has 0 atom stereocenters. The van der Waals surface area contributed by atoms with Gasteiger partial charge < -0.3 is 11.1 Å². The summed E-state index contributed by atoms with van der Waals surface area (Å²) in [6, 6.07) is 5.14. The first-order valence-electron chi connectivity index (χ1n) is 8.00. The van der Waals surface area contributed by atoms with Gasteiger partial charge in [0, 0.05) is 12.6 Å². The van der Waals surface area contributed by atoms with Crippen molar-refractivity contribution in [2.45, 2.75) is 45.2 Å². The molecule has 0 radical (unpaired) electrons. The van der Waals surface area contributed by atoms with Crippen LogP contribution in [0.15, 0.2) is 18.2 Å². The average Bonchev–Trinajstić information content (AvgIpc) is 3.01. The Kier molecular flexibility index (Phi) is 6.10. The number of nitrogens with zero attached hydrogens (tertiary/aromatic N) is 1. The van der Waals surface area contributed by atoms with Gasteiger partial charge >= 0.3 is 0 Å². The van der Waals surface area contributed by atoms with Crippen LogP contribution in [0, 0.1) is 12.7 Å². The average molecular weight is 321 g/mol. The first kappa shape index (κ1) is 17.4. The fourth-order valence-electron chi connectivity index (χ4n) is 2.97. The van der Waals surface area contributed by atoms with Crippen molar-refractivity contribution in [3.63, 3.8) is 0 Å². The molecule has 1 aromatic carbocycles. The van der Waals surface area contributed by atoms with Crippen LogP contribution in [-0.4, -0.2) is 35.8 Å². The molecule has 0 saturated heterocycles. The molecule has 0 heterocycles. The zero-order valence-corrected chi connectivity index (χ0v) is 13.5. The topological polar surface area (TPSA) is 75.4 Å². The molecule has 1 saturated carbocycles. The molecular weight excluding hydrogens is 297 g/mol. The first-order chi connectivity index (χ1) is 11.0. The lowest BCUT2D eigenvalue weighted by atomic mass is 10.1. The summed E-state index contributed by atoms with van der Waals surface area (Å²) < 4.78 is 13.5. The third-order valence-corrected chi connectivity index (χ3v) is 4.27. The van der Waals surface area contributed by atoms with Gasteiger partial charge in [0.1, 0.15) is 5.82 Å². The molecule has 0 aromatic heterocycles. The molecule has 5 nitrogen and oxygen atoms in total. The lowest BCUT2D eigenvalue weighted by Crippen LogP contribution is -2.45. The quantitative estimate of drug-likeness (QED) is 0.799. The summed E-state index contributed by atoms with van der Waals surface area (Å²) >= 11 is 0. The van der Waals surface area contributed by atoms with E-state index in [2.05, 4.69) is 5.32 Å². The molecule has 126 valence electrons. The molecule has 1 fully saturated rings. The minimum Gasteiger partial charge on any atom is -0.369 e. The van der Waals surface area contributed by atoms with Gasteiger partial charge in [0.2, 0.25) is 11.8 Å². The van der Waals surface area contributed by atoms with Gasteiger partial charge in [-0.25, -0.2) is 4.39 Å². The van der Waals surface area contributed by atoms with Crippen molar-refractivity contribution < 1.29 is 14.0 Å². The van der Waals surface area contributed by atoms with Crippen molar-refractivity contribution in [2.24, 2.45) is 5.73 Å². The van der Waals surface area contributed by atoms with E-state index in [0.29, 0.717) is 11.1 Å². The van der Waals surface area contributed by atoms with E-state index in [-0.39, 0.29) is 37.4 Å². The smallest absolute Gasteiger partial charge is 0.234 e. The SMILES string of the molecule is Cc1ccc(CNC(=O)CN(CC(N)=O)C2CCCC2)cc1F. The van der Waals surface area contributed by atoms with Gasteiger partial charge in [0.05, 0.1) is 13.1 Å². The van der Waals surface area contributed by atoms with E-state index in [9.17, 15) is 14.0 Å². The molecule has 2 amide bonds. The van der Waals surface area contributed by atoms with Crippen LogP contribution in [0.5, 0.6) is 0 Å². The van der Waals surface area contributed by atoms with Crippen molar-refractivity contribution >= 4 is 11.8 Å². The van der Waals surface area contributed by atoms with Crippen LogP contribution in [0.25, 0.3) is 0 Å². The van der Waals surface area contributed by atoms with E-state index in [1.165, 1.54) is 6.07 Å². The maximum atomic E-state index is 13.5. The Labute approximate surface area is 136 Å². The van der Waals surface area contributed by atoms with E-state index in [4.69, 9.17) is 5.73 Å². The lowest BCUT2D eigenvalue weighted by Gasteiger charge is -2.26. The molecule has 3 N–H and O–H groups in total. The third kappa shape index (κ3) is 5.32. The number of nitrogens with two attached hydrogens (primary N) is 1. The number of halogens is 1. The zero-order chi connectivity index (χ0) is 16.8. The van der Waals surface area contributed by atoms with Crippen molar-refractivity contribution in [1.82, 2.24) is 10.2 Å². The van der Waals surface area contributed by atoms with Gasteiger partial charge in [-0.1, -0.05) is 25.0 Å². The van der Waals surface area contributed by atoms with Crippen LogP contribution >= 0.6 is 0 Å². The van der Waals surface area contributed by atoms with E-state index < -0.39 is 5.91 Å². The maximum absolute atomic E-state index is 13.5. The van der Waals surface area contributed by atoms with Gasteiger partial charge in [-0.3, -0.25) is 14.5 Å². The van der Waals surface area contributed by atoms with E-state index in [0.717, 1.165) is 25.7 Å². The van der Waals surface area contributed by atoms with Gasteiger partial charge in [-0.15, -0.1) is 0 Å². The van der Waals surface area contributed by atoms with Crippen molar-refractivity contribution in [2.75, 3.05) is 13.1 Å². The Morgan fingerprint density at radius 1 is 1.30 bits per heavy atom. The number of hydrogen-bond donors (Lipinski definition) is 2. The Balaban J connectivity index is 1.87. The molecule has 0 unspecified atom stereocenters. The summed E-state index contributed by atoms with van der Waals surface area (Å²) in [5, 5.41) is 2.77. The zero-order valence-electron chi connectivity index (χ0n) is 13.5. The van der Waals surface area contributed by atoms with E-state index in [1.54, 1.807) is 19.1 Å². The van der Waals surface area contributed by atoms with Gasteiger partial charge in [0.15, 0.2) is 0 Å². The summed E-state index contributed by atoms with van der Waals surface area (Å²) in [5.74, 6) is -0.887. The largest absolute Gasteiger partial charge is 0.369 e. The van der Waals surface area contributed by atoms with Crippen LogP contribution in [-0.2, 0) is 16.1 Å². The standard InChI is InChI=1S/C17H24FN3O2/c1-12-6-7-13(8-15(12)18)9-20-17(23)11-21(10-16(19)22)14-4-2-3-5-14/h6-8,14H,2-5,9-11H2,1H3,(H2,19,22)(H,20,23). The molecule has 6 heteroatoms. The predicted molar refractivity (Wildman–Crippen MR) is 86.0 cm³/mol. The summed E-state index contributed by atoms with van der Waals surface area (Å²) in [5.41, 5.74) is 6.57. The summed E-state index contributed by atoms with van der Waals surface area (Å²) in [7, 11) is 0. The summed E-state index contributed by atoms with van der Waals surface area (Å²) in [6.07, 6.45) is 4.21. The molecule has 0 bridgehead atoms. The highest BCUT2D eigenvalue weighted by atomic mass is 19.1. The van der Waals surface area contributed by atoms with Crippen molar-refractivity contribution in [3.8, 4) is 0 Å². The second-order valence-electron chi connectivity index (χ2n) is 6.17. The molecule has 23 heavy (non-hydrogen) atoms. The van der Waals surface area contributed by atoms with E-state index in [1.807, 2.05) is 4.90 Å². The summed E-state index contributed by atoms with van der Waals surface area (Å²) in [6.45, 7) is 2.20. The minimum absolute atomic E-state index is 0.0945. The van der Waals surface area contributed by atoms with Crippen LogP contribution in [0.3, 0.4) is 0 Å². The number of carbonyl (C=O) groups excluding carboxylic acids is 2. The van der Waals surface area contributed by atoms with Gasteiger partial charge in [0.25, 0.3) is 0 Å². The second-order valence-corrected chi connectivity index (χ2v) is 6.17. The fourth-order valence-corrected chi connectivity index (χ4v) is 2.97. The molecule has 0 spiro atoms. The number of hydrogen-bond acceptors (Lipinski definition) is 3. The highest BCUT2D eigenvalue weighted by Gasteiger charge is 2.25. The number of primary amides is 1. The third-order valence-electron chi connectivity index (χ3n) is 4.27. The van der Waals surface area contributed by atoms with Crippen LogP contribution in [0.2, 0.25) is 0 Å². The number of aryl methyl sites for hydroxylation is 1. The number of nitrogens with one attached hydrogen (secondary N) is 1. The minimum atomic E-state index is -0.426. The maximum Gasteiger partial charge on any atom is 0.234 e. The fraction of sp³-hybridized carbons (Fsp3) is 0.529. The molecular formula is C17H24FN3O2. The van der Waals surface area contributed by atoms with Crippen LogP contribution in [0.4, 0.5) is 4.39 Å². The number of rotatable bonds is 7. The van der Waals surface area contributed by atoms with Crippen molar-refractivity contribution in [3.05, 3.63) is 35.1 Å². The highest BCUT2D eigenvalue weighted by Crippen LogP contribution is 2.23. The number of carbonyl (C=O) groups is 2. The molecule has 1 aliphatic carbocycles. The van der Waals surface area contributed by atoms with Gasteiger partial charge in [-0.2, -0.15) is 0 Å². The molecule has 2 rings (SSSR count). The molecule has 0 aliphatic heterocycles. The number of benzene rings is 1. The lowest BCUT2D eigenvalue weighted by molar-refractivity contribution is -0.124. The first-order valence-corrected chi connectivity index (χ1v) is 8.00. The predicted octanol–water partition coefficient (Wildman–Crippen LogP) is 1.48. The Morgan fingerprint density at radius 3 is 2.61 bits per heavy atom. The molecule has 1 aliphatic rings.